The molecule has 1 unspecified atom stereocenters. The van der Waals surface area contributed by atoms with Gasteiger partial charge in [-0.3, -0.25) is 4.68 Å². The molecule has 3 rings (SSSR count). The van der Waals surface area contributed by atoms with Gasteiger partial charge in [-0.1, -0.05) is 6.92 Å². The van der Waals surface area contributed by atoms with E-state index in [1.807, 2.05) is 41.3 Å². The molecular weight excluding hydrogens is 366 g/mol. The zero-order chi connectivity index (χ0) is 15.0. The molecule has 1 N–H and O–H groups in total. The van der Waals surface area contributed by atoms with Crippen molar-refractivity contribution in [1.29, 1.82) is 0 Å². The third kappa shape index (κ3) is 2.95. The van der Waals surface area contributed by atoms with Gasteiger partial charge in [-0.2, -0.15) is 5.10 Å². The number of nitrogens with zero attached hydrogens (tertiary/aromatic N) is 2. The maximum atomic E-state index is 4.50. The minimum atomic E-state index is 0.339. The highest BCUT2D eigenvalue weighted by Crippen LogP contribution is 2.35. The molecule has 0 aliphatic heterocycles. The molecule has 0 saturated carbocycles. The Balaban J connectivity index is 1.92. The molecule has 0 radical (unpaired) electrons. The minimum absolute atomic E-state index is 0.339. The lowest BCUT2D eigenvalue weighted by atomic mass is 10.1. The van der Waals surface area contributed by atoms with Crippen LogP contribution in [0.4, 0.5) is 0 Å². The number of fused-ring (bicyclic) bond motifs is 1. The van der Waals surface area contributed by atoms with Gasteiger partial charge in [0.15, 0.2) is 0 Å². The van der Waals surface area contributed by atoms with E-state index in [1.54, 1.807) is 0 Å². The third-order valence-corrected chi connectivity index (χ3v) is 6.85. The molecular formula is C15H18BrN3S2. The van der Waals surface area contributed by atoms with Gasteiger partial charge in [-0.15, -0.1) is 22.7 Å². The van der Waals surface area contributed by atoms with Gasteiger partial charge >= 0.3 is 0 Å². The van der Waals surface area contributed by atoms with Crippen LogP contribution in [-0.4, -0.2) is 16.3 Å². The SMILES string of the molecule is CCNC(Cc1c(Br)c(C)nn1C)c1cc2sccc2s1. The van der Waals surface area contributed by atoms with Crippen LogP contribution >= 0.6 is 38.6 Å². The molecule has 6 heteroatoms. The molecule has 3 aromatic heterocycles. The van der Waals surface area contributed by atoms with Crippen molar-refractivity contribution in [2.24, 2.45) is 7.05 Å². The van der Waals surface area contributed by atoms with Crippen molar-refractivity contribution in [3.05, 3.63) is 38.3 Å². The summed E-state index contributed by atoms with van der Waals surface area (Å²) in [5.74, 6) is 0. The first-order valence-electron chi connectivity index (χ1n) is 6.98. The van der Waals surface area contributed by atoms with Gasteiger partial charge < -0.3 is 5.32 Å². The monoisotopic (exact) mass is 383 g/mol. The van der Waals surface area contributed by atoms with E-state index in [9.17, 15) is 0 Å². The molecule has 0 aliphatic rings. The fraction of sp³-hybridized carbons (Fsp3) is 0.400. The van der Waals surface area contributed by atoms with Gasteiger partial charge in [-0.25, -0.2) is 0 Å². The van der Waals surface area contributed by atoms with E-state index in [0.717, 1.165) is 23.1 Å². The average molecular weight is 384 g/mol. The summed E-state index contributed by atoms with van der Waals surface area (Å²) >= 11 is 7.38. The van der Waals surface area contributed by atoms with Gasteiger partial charge in [0, 0.05) is 33.8 Å². The number of thiophene rings is 2. The lowest BCUT2D eigenvalue weighted by Gasteiger charge is -2.17. The number of halogens is 1. The predicted molar refractivity (Wildman–Crippen MR) is 95.5 cm³/mol. The Morgan fingerprint density at radius 2 is 2.24 bits per heavy atom. The van der Waals surface area contributed by atoms with Crippen molar-refractivity contribution in [2.45, 2.75) is 26.3 Å². The summed E-state index contributed by atoms with van der Waals surface area (Å²) < 4.78 is 5.89. The zero-order valence-electron chi connectivity index (χ0n) is 12.3. The van der Waals surface area contributed by atoms with Gasteiger partial charge in [0.25, 0.3) is 0 Å². The Kier molecular flexibility index (Phi) is 4.49. The number of likely N-dealkylation sites (N-methyl/N-ethyl adjacent to an activating group) is 1. The summed E-state index contributed by atoms with van der Waals surface area (Å²) in [6.45, 7) is 5.16. The minimum Gasteiger partial charge on any atom is -0.309 e. The van der Waals surface area contributed by atoms with Gasteiger partial charge in [-0.05, 0) is 46.9 Å². The first-order chi connectivity index (χ1) is 10.1. The molecule has 0 aliphatic carbocycles. The lowest BCUT2D eigenvalue weighted by Crippen LogP contribution is -2.23. The quantitative estimate of drug-likeness (QED) is 0.693. The largest absolute Gasteiger partial charge is 0.309 e. The molecule has 0 amide bonds. The number of rotatable bonds is 5. The standard InChI is InChI=1S/C15H18BrN3S2/c1-4-17-10(7-11-15(16)9(2)18-19(11)3)13-8-14-12(21-13)5-6-20-14/h5-6,8,10,17H,4,7H2,1-3H3. The number of hydrogen-bond donors (Lipinski definition) is 1. The molecule has 1 atom stereocenters. The number of nitrogens with one attached hydrogen (secondary N) is 1. The van der Waals surface area contributed by atoms with Crippen LogP contribution in [-0.2, 0) is 13.5 Å². The molecule has 0 spiro atoms. The van der Waals surface area contributed by atoms with E-state index in [1.165, 1.54) is 20.0 Å². The van der Waals surface area contributed by atoms with E-state index >= 15 is 0 Å². The van der Waals surface area contributed by atoms with Crippen molar-refractivity contribution < 1.29 is 0 Å². The van der Waals surface area contributed by atoms with E-state index in [-0.39, 0.29) is 0 Å². The van der Waals surface area contributed by atoms with Crippen LogP contribution in [0.1, 0.15) is 29.2 Å². The Labute approximate surface area is 141 Å². The normalized spacial score (nSPS) is 13.1. The Bertz CT molecular complexity index is 728. The number of aryl methyl sites for hydroxylation is 2. The smallest absolute Gasteiger partial charge is 0.0738 e. The van der Waals surface area contributed by atoms with Crippen LogP contribution in [0.5, 0.6) is 0 Å². The van der Waals surface area contributed by atoms with E-state index in [0.29, 0.717) is 6.04 Å². The molecule has 0 aromatic carbocycles. The summed E-state index contributed by atoms with van der Waals surface area (Å²) in [6.07, 6.45) is 0.944. The molecule has 0 fully saturated rings. The average Bonchev–Trinajstić information content (AvgIpc) is 3.08. The van der Waals surface area contributed by atoms with Gasteiger partial charge in [0.1, 0.15) is 0 Å². The fourth-order valence-electron chi connectivity index (χ4n) is 2.57. The van der Waals surface area contributed by atoms with Crippen molar-refractivity contribution in [2.75, 3.05) is 6.54 Å². The first kappa shape index (κ1) is 15.2. The fourth-order valence-corrected chi connectivity index (χ4v) is 5.26. The summed E-state index contributed by atoms with van der Waals surface area (Å²) in [5.41, 5.74) is 2.30. The predicted octanol–water partition coefficient (Wildman–Crippen LogP) is 4.66. The first-order valence-corrected chi connectivity index (χ1v) is 9.47. The summed E-state index contributed by atoms with van der Waals surface area (Å²) in [5, 5.41) is 10.3. The van der Waals surface area contributed by atoms with E-state index in [2.05, 4.69) is 50.8 Å². The maximum Gasteiger partial charge on any atom is 0.0738 e. The molecule has 3 nitrogen and oxygen atoms in total. The third-order valence-electron chi connectivity index (χ3n) is 3.61. The summed E-state index contributed by atoms with van der Waals surface area (Å²) in [6, 6.07) is 4.88. The maximum absolute atomic E-state index is 4.50. The zero-order valence-corrected chi connectivity index (χ0v) is 15.5. The van der Waals surface area contributed by atoms with Crippen LogP contribution in [0.25, 0.3) is 9.40 Å². The Hall–Kier alpha value is -0.690. The van der Waals surface area contributed by atoms with Gasteiger partial charge in [0.2, 0.25) is 0 Å². The molecule has 0 bridgehead atoms. The summed E-state index contributed by atoms with van der Waals surface area (Å²) in [7, 11) is 2.02. The Morgan fingerprint density at radius 1 is 1.43 bits per heavy atom. The second kappa shape index (κ2) is 6.20. The molecule has 3 heterocycles. The number of aromatic nitrogens is 2. The molecule has 3 aromatic rings. The van der Waals surface area contributed by atoms with Crippen LogP contribution in [0.2, 0.25) is 0 Å². The molecule has 112 valence electrons. The van der Waals surface area contributed by atoms with Crippen LogP contribution in [0.15, 0.2) is 22.0 Å². The van der Waals surface area contributed by atoms with Crippen LogP contribution in [0.3, 0.4) is 0 Å². The van der Waals surface area contributed by atoms with Crippen molar-refractivity contribution in [3.8, 4) is 0 Å². The second-order valence-corrected chi connectivity index (χ2v) is 7.94. The van der Waals surface area contributed by atoms with Crippen molar-refractivity contribution in [3.63, 3.8) is 0 Å². The van der Waals surface area contributed by atoms with Crippen molar-refractivity contribution >= 4 is 48.0 Å². The number of hydrogen-bond acceptors (Lipinski definition) is 4. The highest BCUT2D eigenvalue weighted by atomic mass is 79.9. The molecule has 0 saturated heterocycles. The van der Waals surface area contributed by atoms with E-state index < -0.39 is 0 Å². The van der Waals surface area contributed by atoms with Gasteiger partial charge in [0.05, 0.1) is 15.9 Å². The summed E-state index contributed by atoms with van der Waals surface area (Å²) in [4.78, 5) is 1.41. The topological polar surface area (TPSA) is 29.9 Å². The highest BCUT2D eigenvalue weighted by molar-refractivity contribution is 9.10. The van der Waals surface area contributed by atoms with Crippen LogP contribution < -0.4 is 5.32 Å². The second-order valence-electron chi connectivity index (χ2n) is 5.08. The lowest BCUT2D eigenvalue weighted by molar-refractivity contribution is 0.535. The molecule has 21 heavy (non-hydrogen) atoms. The van der Waals surface area contributed by atoms with Crippen LogP contribution in [0, 0.1) is 6.92 Å². The van der Waals surface area contributed by atoms with E-state index in [4.69, 9.17) is 0 Å². The highest BCUT2D eigenvalue weighted by Gasteiger charge is 2.19. The van der Waals surface area contributed by atoms with Crippen molar-refractivity contribution in [1.82, 2.24) is 15.1 Å². The Morgan fingerprint density at radius 3 is 2.86 bits per heavy atom.